The van der Waals surface area contributed by atoms with E-state index in [0.717, 1.165) is 33.7 Å². The van der Waals surface area contributed by atoms with Crippen LogP contribution in [0.25, 0.3) is 0 Å². The molecule has 10 heteroatoms. The Bertz CT molecular complexity index is 1440. The zero-order valence-electron chi connectivity index (χ0n) is 23.6. The summed E-state index contributed by atoms with van der Waals surface area (Å²) in [6, 6.07) is 18.0. The summed E-state index contributed by atoms with van der Waals surface area (Å²) in [4.78, 5) is 9.33. The van der Waals surface area contributed by atoms with Crippen LogP contribution in [0.1, 0.15) is 34.1 Å². The molecular weight excluding hydrogens is 563 g/mol. The van der Waals surface area contributed by atoms with Gasteiger partial charge in [-0.05, 0) is 54.4 Å². The number of anilines is 1. The molecule has 0 aliphatic rings. The standard InChI is InChI=1S/C30H36ClFN4O2SSi/c1-20-26(32)16-25(29(33)34-20)28(22-7-6-8-23(31)15-22)30-35-27(17-36(30)19-38-13-14-40(3,4)5)39-18-21-9-11-24(37-2)12-10-21/h6-12,15-17,28H,13-14,18-19H2,1-5H3,(H2,33,34). The lowest BCUT2D eigenvalue weighted by Gasteiger charge is -2.22. The van der Waals surface area contributed by atoms with Gasteiger partial charge in [0.05, 0.1) is 18.7 Å². The van der Waals surface area contributed by atoms with E-state index in [1.54, 1.807) is 25.8 Å². The van der Waals surface area contributed by atoms with E-state index < -0.39 is 19.8 Å². The van der Waals surface area contributed by atoms with E-state index in [1.807, 2.05) is 59.3 Å². The lowest BCUT2D eigenvalue weighted by atomic mass is 9.90. The summed E-state index contributed by atoms with van der Waals surface area (Å²) in [6.07, 6.45) is 1.99. The largest absolute Gasteiger partial charge is 0.497 e. The third-order valence-electron chi connectivity index (χ3n) is 6.52. The highest BCUT2D eigenvalue weighted by atomic mass is 35.5. The van der Waals surface area contributed by atoms with Crippen molar-refractivity contribution in [2.45, 2.75) is 56.0 Å². The monoisotopic (exact) mass is 598 g/mol. The van der Waals surface area contributed by atoms with Crippen LogP contribution in [0.5, 0.6) is 5.75 Å². The first-order valence-corrected chi connectivity index (χ1v) is 18.2. The molecule has 0 spiro atoms. The summed E-state index contributed by atoms with van der Waals surface area (Å²) < 4.78 is 28.3. The molecule has 4 aromatic rings. The van der Waals surface area contributed by atoms with E-state index >= 15 is 0 Å². The van der Waals surface area contributed by atoms with Crippen molar-refractivity contribution in [3.63, 3.8) is 0 Å². The Labute approximate surface area is 246 Å². The van der Waals surface area contributed by atoms with Crippen LogP contribution >= 0.6 is 23.4 Å². The quantitative estimate of drug-likeness (QED) is 0.102. The van der Waals surface area contributed by atoms with Gasteiger partial charge in [-0.3, -0.25) is 0 Å². The Hall–Kier alpha value is -2.85. The van der Waals surface area contributed by atoms with Gasteiger partial charge in [0.1, 0.15) is 35.0 Å². The van der Waals surface area contributed by atoms with Crippen molar-refractivity contribution in [1.29, 1.82) is 0 Å². The molecule has 0 aliphatic heterocycles. The first kappa shape index (κ1) is 30.1. The van der Waals surface area contributed by atoms with Gasteiger partial charge in [0.2, 0.25) is 0 Å². The Morgan fingerprint density at radius 3 is 2.52 bits per heavy atom. The molecule has 40 heavy (non-hydrogen) atoms. The predicted molar refractivity (Wildman–Crippen MR) is 165 cm³/mol. The third kappa shape index (κ3) is 7.87. The van der Waals surface area contributed by atoms with Crippen molar-refractivity contribution in [2.75, 3.05) is 19.5 Å². The zero-order valence-corrected chi connectivity index (χ0v) is 26.2. The number of hydrogen-bond acceptors (Lipinski definition) is 6. The Morgan fingerprint density at radius 2 is 1.85 bits per heavy atom. The van der Waals surface area contributed by atoms with Crippen LogP contribution in [0.15, 0.2) is 65.8 Å². The van der Waals surface area contributed by atoms with Gasteiger partial charge in [-0.25, -0.2) is 14.4 Å². The van der Waals surface area contributed by atoms with Gasteiger partial charge in [0.15, 0.2) is 0 Å². The second kappa shape index (κ2) is 13.2. The number of nitrogen functional groups attached to an aromatic ring is 1. The molecule has 0 fully saturated rings. The highest BCUT2D eigenvalue weighted by Crippen LogP contribution is 2.37. The number of ether oxygens (including phenoxy) is 2. The highest BCUT2D eigenvalue weighted by Gasteiger charge is 2.27. The molecule has 1 unspecified atom stereocenters. The third-order valence-corrected chi connectivity index (χ3v) is 9.43. The summed E-state index contributed by atoms with van der Waals surface area (Å²) in [5.41, 5.74) is 9.17. The molecule has 0 saturated heterocycles. The number of aryl methyl sites for hydroxylation is 1. The van der Waals surface area contributed by atoms with Gasteiger partial charge in [-0.2, -0.15) is 0 Å². The molecule has 0 bridgehead atoms. The number of pyridine rings is 1. The van der Waals surface area contributed by atoms with Gasteiger partial charge in [-0.15, -0.1) is 11.8 Å². The van der Waals surface area contributed by atoms with E-state index in [1.165, 1.54) is 6.07 Å². The van der Waals surface area contributed by atoms with E-state index in [4.69, 9.17) is 31.8 Å². The number of rotatable bonds is 12. The van der Waals surface area contributed by atoms with Crippen LogP contribution < -0.4 is 10.5 Å². The fourth-order valence-corrected chi connectivity index (χ4v) is 6.05. The molecule has 0 amide bonds. The van der Waals surface area contributed by atoms with Crippen LogP contribution in [0, 0.1) is 12.7 Å². The number of imidazole rings is 1. The van der Waals surface area contributed by atoms with Crippen LogP contribution in [0.4, 0.5) is 10.2 Å². The summed E-state index contributed by atoms with van der Waals surface area (Å²) in [5, 5.41) is 1.39. The topological polar surface area (TPSA) is 75.2 Å². The summed E-state index contributed by atoms with van der Waals surface area (Å²) in [6.45, 7) is 9.55. The van der Waals surface area contributed by atoms with Crippen LogP contribution in [0.3, 0.4) is 0 Å². The second-order valence-electron chi connectivity index (χ2n) is 10.9. The second-order valence-corrected chi connectivity index (χ2v) is 18.0. The SMILES string of the molecule is COc1ccc(CSc2cn(COCC[Si](C)(C)C)c(C(c3cccc(Cl)c3)c3cc(F)c(C)nc3N)n2)cc1. The summed E-state index contributed by atoms with van der Waals surface area (Å²) in [7, 11) is 0.397. The molecule has 212 valence electrons. The molecule has 4 rings (SSSR count). The Morgan fingerprint density at radius 1 is 1.10 bits per heavy atom. The minimum absolute atomic E-state index is 0.250. The normalized spacial score (nSPS) is 12.5. The number of halogens is 2. The minimum Gasteiger partial charge on any atom is -0.497 e. The first-order chi connectivity index (χ1) is 19.0. The number of thioether (sulfide) groups is 1. The number of benzene rings is 2. The number of nitrogens with two attached hydrogens (primary N) is 1. The van der Waals surface area contributed by atoms with E-state index in [0.29, 0.717) is 29.7 Å². The molecule has 1 atom stereocenters. The van der Waals surface area contributed by atoms with Crippen molar-refractivity contribution in [1.82, 2.24) is 14.5 Å². The number of hydrogen-bond donors (Lipinski definition) is 1. The van der Waals surface area contributed by atoms with Gasteiger partial charge < -0.3 is 19.8 Å². The van der Waals surface area contributed by atoms with Crippen LogP contribution in [-0.4, -0.2) is 36.3 Å². The molecule has 0 aliphatic carbocycles. The minimum atomic E-state index is -1.26. The molecular formula is C30H36ClFN4O2SSi. The van der Waals surface area contributed by atoms with Crippen LogP contribution in [-0.2, 0) is 17.2 Å². The number of nitrogens with zero attached hydrogens (tertiary/aromatic N) is 3. The average molecular weight is 599 g/mol. The molecule has 0 saturated carbocycles. The maximum atomic E-state index is 14.9. The fraction of sp³-hybridized carbons (Fsp3) is 0.333. The van der Waals surface area contributed by atoms with E-state index in [9.17, 15) is 4.39 Å². The molecule has 0 radical (unpaired) electrons. The van der Waals surface area contributed by atoms with Crippen LogP contribution in [0.2, 0.25) is 30.7 Å². The maximum Gasteiger partial charge on any atom is 0.144 e. The van der Waals surface area contributed by atoms with Crippen molar-refractivity contribution in [3.8, 4) is 5.75 Å². The lowest BCUT2D eigenvalue weighted by molar-refractivity contribution is 0.0848. The Balaban J connectivity index is 1.73. The maximum absolute atomic E-state index is 14.9. The van der Waals surface area contributed by atoms with Gasteiger partial charge in [0.25, 0.3) is 0 Å². The van der Waals surface area contributed by atoms with Gasteiger partial charge in [-0.1, -0.05) is 55.5 Å². The molecule has 2 aromatic carbocycles. The van der Waals surface area contributed by atoms with Crippen molar-refractivity contribution in [3.05, 3.63) is 99.8 Å². The van der Waals surface area contributed by atoms with Crippen molar-refractivity contribution >= 4 is 37.3 Å². The van der Waals surface area contributed by atoms with Crippen molar-refractivity contribution in [2.24, 2.45) is 0 Å². The Kier molecular flexibility index (Phi) is 9.94. The van der Waals surface area contributed by atoms with Gasteiger partial charge in [0, 0.05) is 37.2 Å². The lowest BCUT2D eigenvalue weighted by Crippen LogP contribution is -2.22. The molecule has 2 heterocycles. The molecule has 6 nitrogen and oxygen atoms in total. The number of methoxy groups -OCH3 is 1. The van der Waals surface area contributed by atoms with E-state index in [2.05, 4.69) is 24.6 Å². The summed E-state index contributed by atoms with van der Waals surface area (Å²) in [5.74, 6) is 1.56. The predicted octanol–water partition coefficient (Wildman–Crippen LogP) is 7.75. The first-order valence-electron chi connectivity index (χ1n) is 13.1. The number of aromatic nitrogens is 3. The van der Waals surface area contributed by atoms with Crippen molar-refractivity contribution < 1.29 is 13.9 Å². The zero-order chi connectivity index (χ0) is 28.9. The fourth-order valence-electron chi connectivity index (χ4n) is 4.23. The highest BCUT2D eigenvalue weighted by molar-refractivity contribution is 7.98. The van der Waals surface area contributed by atoms with E-state index in [-0.39, 0.29) is 11.5 Å². The average Bonchev–Trinajstić information content (AvgIpc) is 3.30. The molecule has 2 N–H and O–H groups in total. The molecule has 2 aromatic heterocycles. The smallest absolute Gasteiger partial charge is 0.144 e. The van der Waals surface area contributed by atoms with Gasteiger partial charge >= 0.3 is 0 Å². The summed E-state index contributed by atoms with van der Waals surface area (Å²) >= 11 is 8.03.